The number of hydrogen-bond donors (Lipinski definition) is 1. The summed E-state index contributed by atoms with van der Waals surface area (Å²) in [7, 11) is 4.72. The van der Waals surface area contributed by atoms with E-state index in [0.29, 0.717) is 0 Å². The second-order valence-electron chi connectivity index (χ2n) is 4.41. The second-order valence-corrected chi connectivity index (χ2v) is 4.41. The summed E-state index contributed by atoms with van der Waals surface area (Å²) in [5.74, 6) is -0.201. The highest BCUT2D eigenvalue weighted by Crippen LogP contribution is 2.35. The van der Waals surface area contributed by atoms with Crippen LogP contribution in [-0.4, -0.2) is 38.5 Å². The minimum atomic E-state index is -4.51. The number of halogens is 3. The van der Waals surface area contributed by atoms with Crippen molar-refractivity contribution in [2.75, 3.05) is 38.3 Å². The fourth-order valence-electron chi connectivity index (χ4n) is 1.46. The van der Waals surface area contributed by atoms with Crippen LogP contribution < -0.4 is 10.6 Å². The van der Waals surface area contributed by atoms with Crippen LogP contribution in [0.4, 0.5) is 24.5 Å². The summed E-state index contributed by atoms with van der Waals surface area (Å²) in [6.45, 7) is -0.00574. The molecule has 0 saturated heterocycles. The van der Waals surface area contributed by atoms with Gasteiger partial charge in [0.1, 0.15) is 0 Å². The first-order valence-electron chi connectivity index (χ1n) is 5.51. The van der Waals surface area contributed by atoms with E-state index in [0.717, 1.165) is 6.07 Å². The minimum Gasteiger partial charge on any atom is -0.398 e. The van der Waals surface area contributed by atoms with Crippen molar-refractivity contribution >= 4 is 17.3 Å². The number of nitrogens with two attached hydrogens (primary N) is 1. The van der Waals surface area contributed by atoms with Crippen LogP contribution in [0.1, 0.15) is 5.56 Å². The Morgan fingerprint density at radius 2 is 1.84 bits per heavy atom. The van der Waals surface area contributed by atoms with Gasteiger partial charge in [-0.05, 0) is 18.2 Å². The van der Waals surface area contributed by atoms with Gasteiger partial charge in [0.15, 0.2) is 0 Å². The second kappa shape index (κ2) is 5.38. The van der Waals surface area contributed by atoms with E-state index < -0.39 is 11.7 Å². The van der Waals surface area contributed by atoms with Crippen LogP contribution >= 0.6 is 0 Å². The molecule has 1 rings (SSSR count). The molecule has 0 aliphatic heterocycles. The highest BCUT2D eigenvalue weighted by atomic mass is 19.4. The van der Waals surface area contributed by atoms with Crippen molar-refractivity contribution in [3.8, 4) is 0 Å². The van der Waals surface area contributed by atoms with Crippen LogP contribution in [0.3, 0.4) is 0 Å². The number of carbonyl (C=O) groups is 1. The molecule has 1 aromatic rings. The van der Waals surface area contributed by atoms with E-state index in [1.807, 2.05) is 0 Å². The molecule has 106 valence electrons. The van der Waals surface area contributed by atoms with Gasteiger partial charge in [0, 0.05) is 32.5 Å². The molecule has 2 N–H and O–H groups in total. The van der Waals surface area contributed by atoms with E-state index in [9.17, 15) is 18.0 Å². The summed E-state index contributed by atoms with van der Waals surface area (Å²) < 4.78 is 38.1. The minimum absolute atomic E-state index is 0.00574. The van der Waals surface area contributed by atoms with Crippen molar-refractivity contribution in [3.63, 3.8) is 0 Å². The summed E-state index contributed by atoms with van der Waals surface area (Å²) in [6.07, 6.45) is -4.51. The van der Waals surface area contributed by atoms with E-state index in [1.165, 1.54) is 21.9 Å². The molecule has 0 aliphatic carbocycles. The fraction of sp³-hybridized carbons (Fsp3) is 0.417. The van der Waals surface area contributed by atoms with Crippen molar-refractivity contribution in [2.45, 2.75) is 6.18 Å². The lowest BCUT2D eigenvalue weighted by atomic mass is 10.1. The summed E-state index contributed by atoms with van der Waals surface area (Å²) >= 11 is 0. The van der Waals surface area contributed by atoms with Gasteiger partial charge in [0.2, 0.25) is 5.91 Å². The molecule has 7 heteroatoms. The number of rotatable bonds is 3. The van der Waals surface area contributed by atoms with Crippen LogP contribution in [-0.2, 0) is 11.0 Å². The van der Waals surface area contributed by atoms with Crippen molar-refractivity contribution in [1.82, 2.24) is 4.90 Å². The largest absolute Gasteiger partial charge is 0.418 e. The zero-order chi connectivity index (χ0) is 14.8. The third-order valence-corrected chi connectivity index (χ3v) is 2.65. The lowest BCUT2D eigenvalue weighted by Crippen LogP contribution is -2.34. The lowest BCUT2D eigenvalue weighted by Gasteiger charge is -2.22. The molecule has 0 bridgehead atoms. The highest BCUT2D eigenvalue weighted by Gasteiger charge is 2.33. The number of alkyl halides is 3. The van der Waals surface area contributed by atoms with Gasteiger partial charge in [-0.1, -0.05) is 0 Å². The topological polar surface area (TPSA) is 49.6 Å². The van der Waals surface area contributed by atoms with Gasteiger partial charge in [-0.25, -0.2) is 0 Å². The Hall–Kier alpha value is -1.92. The van der Waals surface area contributed by atoms with Crippen LogP contribution in [0.5, 0.6) is 0 Å². The average molecular weight is 275 g/mol. The van der Waals surface area contributed by atoms with Crippen molar-refractivity contribution in [3.05, 3.63) is 23.8 Å². The Balaban J connectivity index is 2.99. The molecule has 0 atom stereocenters. The number of nitrogens with zero attached hydrogens (tertiary/aromatic N) is 2. The molecule has 1 amide bonds. The Bertz CT molecular complexity index is 472. The fourth-order valence-corrected chi connectivity index (χ4v) is 1.46. The maximum atomic E-state index is 12.7. The molecule has 4 nitrogen and oxygen atoms in total. The highest BCUT2D eigenvalue weighted by molar-refractivity contribution is 5.81. The Morgan fingerprint density at radius 1 is 1.26 bits per heavy atom. The molecule has 0 unspecified atom stereocenters. The van der Waals surface area contributed by atoms with Crippen molar-refractivity contribution in [1.29, 1.82) is 0 Å². The number of anilines is 2. The van der Waals surface area contributed by atoms with Gasteiger partial charge < -0.3 is 15.5 Å². The van der Waals surface area contributed by atoms with Gasteiger partial charge in [-0.2, -0.15) is 13.2 Å². The molecule has 0 aliphatic rings. The van der Waals surface area contributed by atoms with Crippen LogP contribution in [0.15, 0.2) is 18.2 Å². The normalized spacial score (nSPS) is 11.3. The molecule has 19 heavy (non-hydrogen) atoms. The number of hydrogen-bond acceptors (Lipinski definition) is 3. The molecular formula is C12H16F3N3O. The van der Waals surface area contributed by atoms with E-state index in [4.69, 9.17) is 5.73 Å². The van der Waals surface area contributed by atoms with Gasteiger partial charge in [-0.15, -0.1) is 0 Å². The van der Waals surface area contributed by atoms with E-state index in [1.54, 1.807) is 21.1 Å². The average Bonchev–Trinajstić information content (AvgIpc) is 2.27. The first-order valence-corrected chi connectivity index (χ1v) is 5.51. The molecule has 0 spiro atoms. The predicted octanol–water partition coefficient (Wildman–Crippen LogP) is 1.81. The molecule has 0 aromatic heterocycles. The molecule has 0 radical (unpaired) electrons. The summed E-state index contributed by atoms with van der Waals surface area (Å²) in [5, 5.41) is 0. The number of nitrogen functional groups attached to an aromatic ring is 1. The molecule has 0 fully saturated rings. The van der Waals surface area contributed by atoms with Gasteiger partial charge >= 0.3 is 6.18 Å². The summed E-state index contributed by atoms with van der Waals surface area (Å²) in [4.78, 5) is 14.3. The molecule has 1 aromatic carbocycles. The van der Waals surface area contributed by atoms with Gasteiger partial charge in [0.25, 0.3) is 0 Å². The maximum Gasteiger partial charge on any atom is 0.418 e. The maximum absolute atomic E-state index is 12.7. The van der Waals surface area contributed by atoms with Gasteiger partial charge in [0.05, 0.1) is 12.1 Å². The molecule has 0 saturated carbocycles. The first kappa shape index (κ1) is 15.1. The van der Waals surface area contributed by atoms with Crippen molar-refractivity contribution in [2.24, 2.45) is 0 Å². The smallest absolute Gasteiger partial charge is 0.398 e. The Labute approximate surface area is 109 Å². The molecular weight excluding hydrogens is 259 g/mol. The van der Waals surface area contributed by atoms with E-state index >= 15 is 0 Å². The number of amides is 1. The number of likely N-dealkylation sites (N-methyl/N-ethyl adjacent to an activating group) is 2. The third kappa shape index (κ3) is 3.77. The quantitative estimate of drug-likeness (QED) is 0.856. The summed E-state index contributed by atoms with van der Waals surface area (Å²) in [5.41, 5.74) is 4.38. The third-order valence-electron chi connectivity index (χ3n) is 2.65. The SMILES string of the molecule is CN(C)C(=O)CN(C)c1ccc(N)c(C(F)(F)F)c1. The Morgan fingerprint density at radius 3 is 2.32 bits per heavy atom. The first-order chi connectivity index (χ1) is 8.62. The lowest BCUT2D eigenvalue weighted by molar-refractivity contribution is -0.136. The number of benzene rings is 1. The number of carbonyl (C=O) groups excluding carboxylic acids is 1. The van der Waals surface area contributed by atoms with E-state index in [2.05, 4.69) is 0 Å². The van der Waals surface area contributed by atoms with Crippen LogP contribution in [0, 0.1) is 0 Å². The van der Waals surface area contributed by atoms with Crippen LogP contribution in [0.25, 0.3) is 0 Å². The summed E-state index contributed by atoms with van der Waals surface area (Å²) in [6, 6.07) is 3.58. The zero-order valence-corrected chi connectivity index (χ0v) is 11.0. The zero-order valence-electron chi connectivity index (χ0n) is 11.0. The van der Waals surface area contributed by atoms with E-state index in [-0.39, 0.29) is 23.8 Å². The predicted molar refractivity (Wildman–Crippen MR) is 67.8 cm³/mol. The Kier molecular flexibility index (Phi) is 4.28. The van der Waals surface area contributed by atoms with Gasteiger partial charge in [-0.3, -0.25) is 4.79 Å². The van der Waals surface area contributed by atoms with Crippen molar-refractivity contribution < 1.29 is 18.0 Å². The van der Waals surface area contributed by atoms with Crippen LogP contribution in [0.2, 0.25) is 0 Å². The standard InChI is InChI=1S/C12H16F3N3O/c1-17(2)11(19)7-18(3)8-4-5-10(16)9(6-8)12(13,14)15/h4-6H,7,16H2,1-3H3. The molecule has 0 heterocycles. The monoisotopic (exact) mass is 275 g/mol.